The van der Waals surface area contributed by atoms with E-state index in [4.69, 9.17) is 14.3 Å². The van der Waals surface area contributed by atoms with Gasteiger partial charge in [-0.25, -0.2) is 8.42 Å². The minimum Gasteiger partial charge on any atom is -0.420 e. The van der Waals surface area contributed by atoms with Crippen LogP contribution < -0.4 is 0 Å². The van der Waals surface area contributed by atoms with Crippen molar-refractivity contribution >= 4 is 15.8 Å². The third-order valence-electron chi connectivity index (χ3n) is 4.93. The van der Waals surface area contributed by atoms with Crippen LogP contribution in [0.5, 0.6) is 0 Å². The highest BCUT2D eigenvalue weighted by Crippen LogP contribution is 2.24. The second-order valence-electron chi connectivity index (χ2n) is 7.00. The molecule has 2 aromatic carbocycles. The number of Topliss-reactive ketones (excluding diaryl/α,β-unsaturated/α-hetero) is 1. The maximum absolute atomic E-state index is 12.9. The highest BCUT2D eigenvalue weighted by Gasteiger charge is 2.26. The van der Waals surface area contributed by atoms with Gasteiger partial charge in [0.2, 0.25) is 21.8 Å². The Kier molecular flexibility index (Phi) is 6.23. The van der Waals surface area contributed by atoms with Crippen molar-refractivity contribution in [3.8, 4) is 11.5 Å². The van der Waals surface area contributed by atoms with Crippen molar-refractivity contribution in [3.05, 3.63) is 65.5 Å². The Hall–Kier alpha value is -2.92. The number of hydrogen-bond donors (Lipinski definition) is 1. The number of rotatable bonds is 7. The Balaban J connectivity index is 1.51. The molecule has 0 aliphatic carbocycles. The number of aromatic nitrogens is 2. The van der Waals surface area contributed by atoms with Crippen LogP contribution in [-0.4, -0.2) is 66.7 Å². The van der Waals surface area contributed by atoms with Crippen molar-refractivity contribution in [3.63, 3.8) is 0 Å². The van der Waals surface area contributed by atoms with Crippen LogP contribution in [0.2, 0.25) is 0 Å². The lowest BCUT2D eigenvalue weighted by atomic mass is 10.1. The first-order chi connectivity index (χ1) is 15.0. The number of hydrogen-bond acceptors (Lipinski definition) is 8. The van der Waals surface area contributed by atoms with Crippen LogP contribution in [0.4, 0.5) is 0 Å². The topological polar surface area (TPSA) is 123 Å². The SMILES string of the molecule is O=C(CO)c1ccc(Cc2nnc(-c3cccc(S(=O)(=O)N4CCOCC4)c3)o2)cc1. The van der Waals surface area contributed by atoms with E-state index in [0.29, 0.717) is 49.7 Å². The zero-order valence-electron chi connectivity index (χ0n) is 16.6. The first kappa shape index (κ1) is 21.3. The molecule has 0 atom stereocenters. The molecular formula is C21H21N3O6S. The Morgan fingerprint density at radius 1 is 1.06 bits per heavy atom. The van der Waals surface area contributed by atoms with Gasteiger partial charge >= 0.3 is 0 Å². The summed E-state index contributed by atoms with van der Waals surface area (Å²) in [5.74, 6) is 0.234. The van der Waals surface area contributed by atoms with Crippen LogP contribution in [0.1, 0.15) is 21.8 Å². The van der Waals surface area contributed by atoms with Crippen LogP contribution >= 0.6 is 0 Å². The molecule has 0 unspecified atom stereocenters. The molecule has 31 heavy (non-hydrogen) atoms. The third-order valence-corrected chi connectivity index (χ3v) is 6.83. The number of aliphatic hydroxyl groups excluding tert-OH is 1. The van der Waals surface area contributed by atoms with Gasteiger partial charge in [0.05, 0.1) is 24.5 Å². The number of sulfonamides is 1. The fraction of sp³-hybridized carbons (Fsp3) is 0.286. The summed E-state index contributed by atoms with van der Waals surface area (Å²) in [5, 5.41) is 17.0. The molecule has 1 N–H and O–H groups in total. The molecule has 1 saturated heterocycles. The molecule has 0 saturated carbocycles. The maximum Gasteiger partial charge on any atom is 0.247 e. The number of ether oxygens (including phenoxy) is 1. The van der Waals surface area contributed by atoms with Crippen LogP contribution in [0.25, 0.3) is 11.5 Å². The van der Waals surface area contributed by atoms with Crippen LogP contribution in [0, 0.1) is 0 Å². The summed E-state index contributed by atoms with van der Waals surface area (Å²) in [4.78, 5) is 11.7. The molecule has 10 heteroatoms. The van der Waals surface area contributed by atoms with Gasteiger partial charge < -0.3 is 14.3 Å². The number of carbonyl (C=O) groups is 1. The average molecular weight is 443 g/mol. The lowest BCUT2D eigenvalue weighted by Gasteiger charge is -2.26. The predicted octanol–water partition coefficient (Wildman–Crippen LogP) is 1.52. The lowest BCUT2D eigenvalue weighted by Crippen LogP contribution is -2.40. The molecule has 2 heterocycles. The molecule has 1 aromatic heterocycles. The Morgan fingerprint density at radius 2 is 1.81 bits per heavy atom. The summed E-state index contributed by atoms with van der Waals surface area (Å²) < 4.78 is 38.1. The van der Waals surface area contributed by atoms with Gasteiger partial charge in [0.1, 0.15) is 6.61 Å². The monoisotopic (exact) mass is 443 g/mol. The van der Waals surface area contributed by atoms with Crippen molar-refractivity contribution in [1.82, 2.24) is 14.5 Å². The van der Waals surface area contributed by atoms with E-state index in [9.17, 15) is 13.2 Å². The summed E-state index contributed by atoms with van der Waals surface area (Å²) in [5.41, 5.74) is 1.79. The first-order valence-electron chi connectivity index (χ1n) is 9.71. The summed E-state index contributed by atoms with van der Waals surface area (Å²) in [6.45, 7) is 0.856. The normalized spacial score (nSPS) is 15.1. The second kappa shape index (κ2) is 9.06. The van der Waals surface area contributed by atoms with Gasteiger partial charge in [0, 0.05) is 24.2 Å². The molecular weight excluding hydrogens is 422 g/mol. The van der Waals surface area contributed by atoms with E-state index in [1.807, 2.05) is 0 Å². The number of aliphatic hydroxyl groups is 1. The van der Waals surface area contributed by atoms with E-state index in [1.165, 1.54) is 10.4 Å². The zero-order valence-corrected chi connectivity index (χ0v) is 17.4. The fourth-order valence-corrected chi connectivity index (χ4v) is 4.70. The number of carbonyl (C=O) groups excluding carboxylic acids is 1. The molecule has 9 nitrogen and oxygen atoms in total. The largest absolute Gasteiger partial charge is 0.420 e. The maximum atomic E-state index is 12.9. The minimum atomic E-state index is -3.63. The molecule has 1 fully saturated rings. The molecule has 1 aliphatic heterocycles. The smallest absolute Gasteiger partial charge is 0.247 e. The summed E-state index contributed by atoms with van der Waals surface area (Å²) in [7, 11) is -3.63. The second-order valence-corrected chi connectivity index (χ2v) is 8.94. The Morgan fingerprint density at radius 3 is 2.52 bits per heavy atom. The van der Waals surface area contributed by atoms with Gasteiger partial charge in [-0.2, -0.15) is 4.31 Å². The standard InChI is InChI=1S/C21H21N3O6S/c25-14-19(26)16-6-4-15(5-7-16)12-20-22-23-21(30-20)17-2-1-3-18(13-17)31(27,28)24-8-10-29-11-9-24/h1-7,13,25H,8-12,14H2. The third kappa shape index (κ3) is 4.72. The zero-order chi connectivity index (χ0) is 21.8. The Bertz CT molecular complexity index is 1170. The van der Waals surface area contributed by atoms with E-state index >= 15 is 0 Å². The van der Waals surface area contributed by atoms with Crippen LogP contribution in [0.15, 0.2) is 57.8 Å². The van der Waals surface area contributed by atoms with Crippen LogP contribution in [0.3, 0.4) is 0 Å². The molecule has 162 valence electrons. The molecule has 0 radical (unpaired) electrons. The van der Waals surface area contributed by atoms with Crippen molar-refractivity contribution in [2.75, 3.05) is 32.9 Å². The van der Waals surface area contributed by atoms with E-state index in [1.54, 1.807) is 42.5 Å². The fourth-order valence-electron chi connectivity index (χ4n) is 3.24. The number of benzene rings is 2. The number of ketones is 1. The van der Waals surface area contributed by atoms with E-state index < -0.39 is 16.6 Å². The molecule has 3 aromatic rings. The van der Waals surface area contributed by atoms with Crippen molar-refractivity contribution in [2.45, 2.75) is 11.3 Å². The van der Waals surface area contributed by atoms with Gasteiger partial charge in [0.15, 0.2) is 5.78 Å². The van der Waals surface area contributed by atoms with Crippen molar-refractivity contribution < 1.29 is 27.5 Å². The van der Waals surface area contributed by atoms with Gasteiger partial charge in [-0.3, -0.25) is 4.79 Å². The first-order valence-corrected chi connectivity index (χ1v) is 11.1. The molecule has 0 spiro atoms. The van der Waals surface area contributed by atoms with E-state index in [-0.39, 0.29) is 16.6 Å². The van der Waals surface area contributed by atoms with E-state index in [0.717, 1.165) is 5.56 Å². The van der Waals surface area contributed by atoms with Gasteiger partial charge in [0.25, 0.3) is 0 Å². The molecule has 0 amide bonds. The number of morpholine rings is 1. The predicted molar refractivity (Wildman–Crippen MR) is 110 cm³/mol. The average Bonchev–Trinajstić information content (AvgIpc) is 3.28. The lowest BCUT2D eigenvalue weighted by molar-refractivity contribution is 0.0730. The van der Waals surface area contributed by atoms with Crippen LogP contribution in [-0.2, 0) is 21.2 Å². The number of nitrogens with zero attached hydrogens (tertiary/aromatic N) is 3. The van der Waals surface area contributed by atoms with Gasteiger partial charge in [-0.1, -0.05) is 30.3 Å². The summed E-state index contributed by atoms with van der Waals surface area (Å²) in [6.07, 6.45) is 0.354. The van der Waals surface area contributed by atoms with Crippen molar-refractivity contribution in [1.29, 1.82) is 0 Å². The van der Waals surface area contributed by atoms with Gasteiger partial charge in [-0.05, 0) is 23.8 Å². The quantitative estimate of drug-likeness (QED) is 0.546. The highest BCUT2D eigenvalue weighted by molar-refractivity contribution is 7.89. The highest BCUT2D eigenvalue weighted by atomic mass is 32.2. The summed E-state index contributed by atoms with van der Waals surface area (Å²) in [6, 6.07) is 13.2. The minimum absolute atomic E-state index is 0.163. The van der Waals surface area contributed by atoms with E-state index in [2.05, 4.69) is 10.2 Å². The van der Waals surface area contributed by atoms with Crippen molar-refractivity contribution in [2.24, 2.45) is 0 Å². The Labute approximate surface area is 179 Å². The molecule has 1 aliphatic rings. The summed E-state index contributed by atoms with van der Waals surface area (Å²) >= 11 is 0. The molecule has 0 bridgehead atoms. The molecule has 4 rings (SSSR count). The van der Waals surface area contributed by atoms with Gasteiger partial charge in [-0.15, -0.1) is 10.2 Å².